The number of benzene rings is 2. The molecule has 8 heteroatoms. The molecule has 2 aromatic carbocycles. The zero-order valence-corrected chi connectivity index (χ0v) is 17.3. The van der Waals surface area contributed by atoms with Gasteiger partial charge in [-0.25, -0.2) is 13.8 Å². The van der Waals surface area contributed by atoms with Gasteiger partial charge in [0.05, 0.1) is 23.2 Å². The second-order valence-electron chi connectivity index (χ2n) is 9.22. The highest BCUT2D eigenvalue weighted by molar-refractivity contribution is 6.31. The van der Waals surface area contributed by atoms with Crippen LogP contribution in [0.4, 0.5) is 8.78 Å². The molecule has 5 nitrogen and oxygen atoms in total. The van der Waals surface area contributed by atoms with Crippen molar-refractivity contribution in [2.75, 3.05) is 0 Å². The van der Waals surface area contributed by atoms with Gasteiger partial charge < -0.3 is 0 Å². The average molecular weight is 441 g/mol. The van der Waals surface area contributed by atoms with Gasteiger partial charge in [-0.15, -0.1) is 0 Å². The minimum absolute atomic E-state index is 0.0498. The van der Waals surface area contributed by atoms with Crippen LogP contribution in [0.15, 0.2) is 47.7 Å². The minimum atomic E-state index is -0.648. The van der Waals surface area contributed by atoms with Crippen molar-refractivity contribution in [3.05, 3.63) is 64.8 Å². The highest BCUT2D eigenvalue weighted by Crippen LogP contribution is 2.74. The molecule has 1 unspecified atom stereocenters. The molecule has 4 aliphatic rings. The summed E-state index contributed by atoms with van der Waals surface area (Å²) in [4.78, 5) is 13.3. The van der Waals surface area contributed by atoms with Crippen LogP contribution in [0.1, 0.15) is 37.3 Å². The SMILES string of the molecule is O=C(N1N=CCC1c1cc(F)cc(F)c1)C12CC(Cn3ncc4ccc(Cl)cc43)(C1)C2. The molecule has 2 heterocycles. The van der Waals surface area contributed by atoms with Gasteiger partial charge in [0, 0.05) is 35.7 Å². The van der Waals surface area contributed by atoms with Gasteiger partial charge in [-0.05, 0) is 60.6 Å². The number of rotatable bonds is 4. The van der Waals surface area contributed by atoms with Gasteiger partial charge in [0.2, 0.25) is 5.91 Å². The molecule has 1 atom stereocenters. The fraction of sp³-hybridized carbons (Fsp3) is 0.348. The second kappa shape index (κ2) is 6.36. The Morgan fingerprint density at radius 3 is 2.61 bits per heavy atom. The number of hydrazone groups is 1. The molecule has 158 valence electrons. The molecule has 1 aliphatic heterocycles. The van der Waals surface area contributed by atoms with Crippen LogP contribution in [0.25, 0.3) is 10.9 Å². The van der Waals surface area contributed by atoms with Crippen molar-refractivity contribution in [3.63, 3.8) is 0 Å². The van der Waals surface area contributed by atoms with Crippen LogP contribution in [0.5, 0.6) is 0 Å². The van der Waals surface area contributed by atoms with E-state index in [1.807, 2.05) is 29.1 Å². The van der Waals surface area contributed by atoms with Crippen LogP contribution in [-0.4, -0.2) is 26.9 Å². The van der Waals surface area contributed by atoms with Crippen molar-refractivity contribution in [3.8, 4) is 0 Å². The predicted octanol–water partition coefficient (Wildman–Crippen LogP) is 5.10. The van der Waals surface area contributed by atoms with Gasteiger partial charge in [-0.1, -0.05) is 11.6 Å². The Kier molecular flexibility index (Phi) is 3.88. The maximum atomic E-state index is 13.7. The number of amides is 1. The Hall–Kier alpha value is -2.80. The highest BCUT2D eigenvalue weighted by atomic mass is 35.5. The van der Waals surface area contributed by atoms with Crippen molar-refractivity contribution >= 4 is 34.6 Å². The van der Waals surface area contributed by atoms with E-state index < -0.39 is 23.1 Å². The fourth-order valence-electron chi connectivity index (χ4n) is 5.78. The highest BCUT2D eigenvalue weighted by Gasteiger charge is 2.72. The van der Waals surface area contributed by atoms with Gasteiger partial charge in [-0.3, -0.25) is 9.48 Å². The molecule has 3 aliphatic carbocycles. The monoisotopic (exact) mass is 440 g/mol. The van der Waals surface area contributed by atoms with E-state index >= 15 is 0 Å². The van der Waals surface area contributed by atoms with E-state index in [1.165, 1.54) is 17.1 Å². The molecule has 31 heavy (non-hydrogen) atoms. The number of aromatic nitrogens is 2. The van der Waals surface area contributed by atoms with Crippen molar-refractivity contribution < 1.29 is 13.6 Å². The van der Waals surface area contributed by atoms with Gasteiger partial charge in [0.15, 0.2) is 0 Å². The molecule has 7 rings (SSSR count). The maximum absolute atomic E-state index is 13.7. The Bertz CT molecular complexity index is 1230. The summed E-state index contributed by atoms with van der Waals surface area (Å²) in [5, 5.41) is 11.9. The zero-order chi connectivity index (χ0) is 21.4. The molecule has 0 radical (unpaired) electrons. The minimum Gasteiger partial charge on any atom is -0.272 e. The third kappa shape index (κ3) is 2.82. The van der Waals surface area contributed by atoms with Crippen molar-refractivity contribution in [2.45, 2.75) is 38.3 Å². The summed E-state index contributed by atoms with van der Waals surface area (Å²) < 4.78 is 29.4. The normalized spacial score (nSPS) is 28.6. The number of nitrogens with zero attached hydrogens (tertiary/aromatic N) is 4. The number of carbonyl (C=O) groups excluding carboxylic acids is 1. The van der Waals surface area contributed by atoms with Crippen molar-refractivity contribution in [1.82, 2.24) is 14.8 Å². The molecule has 2 bridgehead atoms. The first-order valence-electron chi connectivity index (χ1n) is 10.3. The Balaban J connectivity index is 1.18. The van der Waals surface area contributed by atoms with E-state index in [0.717, 1.165) is 42.8 Å². The predicted molar refractivity (Wildman–Crippen MR) is 113 cm³/mol. The second-order valence-corrected chi connectivity index (χ2v) is 9.65. The summed E-state index contributed by atoms with van der Waals surface area (Å²) in [6.45, 7) is 0.744. The Labute approximate surface area is 182 Å². The first-order valence-corrected chi connectivity index (χ1v) is 10.7. The van der Waals surface area contributed by atoms with Crippen molar-refractivity contribution in [1.29, 1.82) is 0 Å². The quantitative estimate of drug-likeness (QED) is 0.567. The van der Waals surface area contributed by atoms with E-state index in [4.69, 9.17) is 11.6 Å². The lowest BCUT2D eigenvalue weighted by molar-refractivity contribution is -0.223. The molecule has 0 spiro atoms. The smallest absolute Gasteiger partial charge is 0.249 e. The van der Waals surface area contributed by atoms with Gasteiger partial charge in [0.25, 0.3) is 0 Å². The summed E-state index contributed by atoms with van der Waals surface area (Å²) >= 11 is 6.15. The van der Waals surface area contributed by atoms with Crippen LogP contribution in [0.3, 0.4) is 0 Å². The largest absolute Gasteiger partial charge is 0.272 e. The summed E-state index contributed by atoms with van der Waals surface area (Å²) in [7, 11) is 0. The Morgan fingerprint density at radius 2 is 1.87 bits per heavy atom. The molecule has 3 fully saturated rings. The standard InChI is InChI=1S/C23H19ClF2N4O/c24-16-2-1-14-9-28-29(20(14)7-16)13-22-10-23(11-22,12-22)21(31)30-19(3-4-27-30)15-5-17(25)8-18(26)6-15/h1-2,4-9,19H,3,10-13H2. The number of carbonyl (C=O) groups is 1. The molecular weight excluding hydrogens is 422 g/mol. The van der Waals surface area contributed by atoms with Gasteiger partial charge in [0.1, 0.15) is 11.6 Å². The lowest BCUT2D eigenvalue weighted by Crippen LogP contribution is -2.68. The first-order chi connectivity index (χ1) is 14.9. The maximum Gasteiger partial charge on any atom is 0.249 e. The van der Waals surface area contributed by atoms with E-state index in [1.54, 1.807) is 6.21 Å². The van der Waals surface area contributed by atoms with Crippen molar-refractivity contribution in [2.24, 2.45) is 15.9 Å². The zero-order valence-electron chi connectivity index (χ0n) is 16.6. The average Bonchev–Trinajstić information content (AvgIpc) is 3.29. The molecule has 1 amide bonds. The lowest BCUT2D eigenvalue weighted by Gasteiger charge is -2.69. The molecule has 3 aromatic rings. The fourth-order valence-corrected chi connectivity index (χ4v) is 5.94. The number of halogens is 3. The van der Waals surface area contributed by atoms with E-state index in [9.17, 15) is 13.6 Å². The molecule has 1 aromatic heterocycles. The number of hydrogen-bond acceptors (Lipinski definition) is 3. The molecular formula is C23H19ClF2N4O. The lowest BCUT2D eigenvalue weighted by atomic mass is 9.34. The number of fused-ring (bicyclic) bond motifs is 1. The third-order valence-corrected chi connectivity index (χ3v) is 7.23. The molecule has 0 saturated heterocycles. The molecule has 0 N–H and O–H groups in total. The van der Waals surface area contributed by atoms with Gasteiger partial charge in [-0.2, -0.15) is 10.2 Å². The summed E-state index contributed by atoms with van der Waals surface area (Å²) in [6, 6.07) is 8.65. The topological polar surface area (TPSA) is 50.5 Å². The van der Waals surface area contributed by atoms with Crippen LogP contribution in [0, 0.1) is 22.5 Å². The third-order valence-electron chi connectivity index (χ3n) is 6.99. The van der Waals surface area contributed by atoms with Crippen LogP contribution in [0.2, 0.25) is 5.02 Å². The van der Waals surface area contributed by atoms with Crippen LogP contribution < -0.4 is 0 Å². The Morgan fingerprint density at radius 1 is 1.13 bits per heavy atom. The van der Waals surface area contributed by atoms with Crippen LogP contribution >= 0.6 is 11.6 Å². The first kappa shape index (κ1) is 18.9. The van der Waals surface area contributed by atoms with E-state index in [2.05, 4.69) is 10.2 Å². The molecule has 3 saturated carbocycles. The number of hydrogen-bond donors (Lipinski definition) is 0. The van der Waals surface area contributed by atoms with Gasteiger partial charge >= 0.3 is 0 Å². The summed E-state index contributed by atoms with van der Waals surface area (Å²) in [5.74, 6) is -1.35. The summed E-state index contributed by atoms with van der Waals surface area (Å²) in [6.07, 6.45) is 6.26. The van der Waals surface area contributed by atoms with E-state index in [0.29, 0.717) is 17.0 Å². The van der Waals surface area contributed by atoms with Crippen LogP contribution in [-0.2, 0) is 11.3 Å². The summed E-state index contributed by atoms with van der Waals surface area (Å²) in [5.41, 5.74) is 1.06. The van der Waals surface area contributed by atoms with E-state index in [-0.39, 0.29) is 11.3 Å².